The molecular formula is C18H29FN2. The lowest BCUT2D eigenvalue weighted by Crippen LogP contribution is -2.30. The molecule has 1 fully saturated rings. The second-order valence-electron chi connectivity index (χ2n) is 6.94. The van der Waals surface area contributed by atoms with Crippen molar-refractivity contribution in [1.82, 2.24) is 10.2 Å². The smallest absolute Gasteiger partial charge is 0.127 e. The molecule has 2 rings (SSSR count). The fraction of sp³-hybridized carbons (Fsp3) is 0.667. The number of hydrogen-bond donors (Lipinski definition) is 1. The molecule has 0 spiro atoms. The van der Waals surface area contributed by atoms with Crippen LogP contribution in [0.2, 0.25) is 0 Å². The average molecular weight is 292 g/mol. The van der Waals surface area contributed by atoms with Gasteiger partial charge in [0.15, 0.2) is 0 Å². The van der Waals surface area contributed by atoms with E-state index in [-0.39, 0.29) is 5.82 Å². The summed E-state index contributed by atoms with van der Waals surface area (Å²) in [6.07, 6.45) is 2.65. The standard InChI is InChI=1S/C18H29FN2/c1-13(2)10-20-11-15-5-8-18(19)17(9-15)12-21(4)14(3)16-6-7-16/h5,8-9,13-14,16,20H,6-7,10-12H2,1-4H3. The maximum absolute atomic E-state index is 14.0. The molecule has 118 valence electrons. The van der Waals surface area contributed by atoms with E-state index >= 15 is 0 Å². The van der Waals surface area contributed by atoms with E-state index in [9.17, 15) is 4.39 Å². The molecule has 21 heavy (non-hydrogen) atoms. The van der Waals surface area contributed by atoms with Crippen LogP contribution in [0.25, 0.3) is 0 Å². The summed E-state index contributed by atoms with van der Waals surface area (Å²) in [7, 11) is 2.10. The normalized spacial score (nSPS) is 16.7. The first-order valence-electron chi connectivity index (χ1n) is 8.15. The van der Waals surface area contributed by atoms with Gasteiger partial charge in [0, 0.05) is 24.7 Å². The van der Waals surface area contributed by atoms with Crippen LogP contribution >= 0.6 is 0 Å². The molecule has 0 radical (unpaired) electrons. The Labute approximate surface area is 128 Å². The van der Waals surface area contributed by atoms with Crippen molar-refractivity contribution in [2.24, 2.45) is 11.8 Å². The molecule has 1 aliphatic rings. The zero-order valence-electron chi connectivity index (χ0n) is 13.8. The van der Waals surface area contributed by atoms with Gasteiger partial charge in [-0.1, -0.05) is 26.0 Å². The van der Waals surface area contributed by atoms with Crippen molar-refractivity contribution < 1.29 is 4.39 Å². The van der Waals surface area contributed by atoms with Crippen molar-refractivity contribution in [3.05, 3.63) is 35.1 Å². The van der Waals surface area contributed by atoms with Gasteiger partial charge in [0.05, 0.1) is 0 Å². The molecule has 1 aromatic carbocycles. The Morgan fingerprint density at radius 1 is 1.29 bits per heavy atom. The van der Waals surface area contributed by atoms with Crippen molar-refractivity contribution in [3.63, 3.8) is 0 Å². The summed E-state index contributed by atoms with van der Waals surface area (Å²) >= 11 is 0. The van der Waals surface area contributed by atoms with Crippen LogP contribution in [0.5, 0.6) is 0 Å². The zero-order valence-corrected chi connectivity index (χ0v) is 13.8. The first-order chi connectivity index (χ1) is 9.97. The van der Waals surface area contributed by atoms with E-state index in [0.29, 0.717) is 18.5 Å². The molecular weight excluding hydrogens is 263 g/mol. The van der Waals surface area contributed by atoms with Gasteiger partial charge in [-0.05, 0) is 56.8 Å². The van der Waals surface area contributed by atoms with Crippen LogP contribution in [0.1, 0.15) is 44.7 Å². The minimum Gasteiger partial charge on any atom is -0.312 e. The number of nitrogens with zero attached hydrogens (tertiary/aromatic N) is 1. The van der Waals surface area contributed by atoms with Gasteiger partial charge in [-0.15, -0.1) is 0 Å². The number of nitrogens with one attached hydrogen (secondary N) is 1. The van der Waals surface area contributed by atoms with Crippen molar-refractivity contribution in [1.29, 1.82) is 0 Å². The largest absolute Gasteiger partial charge is 0.312 e. The Balaban J connectivity index is 1.94. The van der Waals surface area contributed by atoms with E-state index in [1.165, 1.54) is 18.4 Å². The van der Waals surface area contributed by atoms with Crippen LogP contribution in [0.15, 0.2) is 18.2 Å². The highest BCUT2D eigenvalue weighted by Crippen LogP contribution is 2.35. The van der Waals surface area contributed by atoms with Crippen LogP contribution in [0.3, 0.4) is 0 Å². The topological polar surface area (TPSA) is 15.3 Å². The van der Waals surface area contributed by atoms with Gasteiger partial charge in [-0.25, -0.2) is 4.39 Å². The molecule has 0 amide bonds. The molecule has 1 aromatic rings. The minimum absolute atomic E-state index is 0.0857. The summed E-state index contributed by atoms with van der Waals surface area (Å²) in [4.78, 5) is 2.28. The number of rotatable bonds is 8. The highest BCUT2D eigenvalue weighted by atomic mass is 19.1. The molecule has 2 nitrogen and oxygen atoms in total. The highest BCUT2D eigenvalue weighted by molar-refractivity contribution is 5.25. The van der Waals surface area contributed by atoms with Crippen LogP contribution in [-0.4, -0.2) is 24.5 Å². The Hall–Kier alpha value is -0.930. The van der Waals surface area contributed by atoms with E-state index in [1.54, 1.807) is 6.07 Å². The van der Waals surface area contributed by atoms with Crippen LogP contribution in [0, 0.1) is 17.7 Å². The summed E-state index contributed by atoms with van der Waals surface area (Å²) in [5.74, 6) is 1.36. The molecule has 0 aliphatic heterocycles. The summed E-state index contributed by atoms with van der Waals surface area (Å²) in [5.41, 5.74) is 1.98. The molecule has 1 atom stereocenters. The van der Waals surface area contributed by atoms with Gasteiger partial charge in [-0.3, -0.25) is 4.90 Å². The van der Waals surface area contributed by atoms with E-state index in [4.69, 9.17) is 0 Å². The van der Waals surface area contributed by atoms with Gasteiger partial charge >= 0.3 is 0 Å². The van der Waals surface area contributed by atoms with Gasteiger partial charge in [-0.2, -0.15) is 0 Å². The van der Waals surface area contributed by atoms with Gasteiger partial charge < -0.3 is 5.32 Å². The third-order valence-electron chi connectivity index (χ3n) is 4.41. The summed E-state index contributed by atoms with van der Waals surface area (Å²) in [5, 5.41) is 3.42. The number of hydrogen-bond acceptors (Lipinski definition) is 2. The quantitative estimate of drug-likeness (QED) is 0.784. The third-order valence-corrected chi connectivity index (χ3v) is 4.41. The number of benzene rings is 1. The Bertz CT molecular complexity index is 455. The van der Waals surface area contributed by atoms with E-state index in [2.05, 4.69) is 38.0 Å². The molecule has 1 N–H and O–H groups in total. The third kappa shape index (κ3) is 5.08. The molecule has 3 heteroatoms. The van der Waals surface area contributed by atoms with Crippen LogP contribution in [-0.2, 0) is 13.1 Å². The monoisotopic (exact) mass is 292 g/mol. The lowest BCUT2D eigenvalue weighted by atomic mass is 10.1. The molecule has 1 unspecified atom stereocenters. The van der Waals surface area contributed by atoms with Gasteiger partial charge in [0.1, 0.15) is 5.82 Å². The summed E-state index contributed by atoms with van der Waals surface area (Å²) < 4.78 is 14.0. The minimum atomic E-state index is -0.0857. The maximum Gasteiger partial charge on any atom is 0.127 e. The van der Waals surface area contributed by atoms with Crippen LogP contribution < -0.4 is 5.32 Å². The van der Waals surface area contributed by atoms with E-state index < -0.39 is 0 Å². The molecule has 0 bridgehead atoms. The predicted octanol–water partition coefficient (Wildman–Crippen LogP) is 3.80. The Morgan fingerprint density at radius 3 is 2.62 bits per heavy atom. The highest BCUT2D eigenvalue weighted by Gasteiger charge is 2.30. The molecule has 0 heterocycles. The van der Waals surface area contributed by atoms with E-state index in [1.807, 2.05) is 12.1 Å². The first kappa shape index (κ1) is 16.4. The molecule has 1 saturated carbocycles. The second-order valence-corrected chi connectivity index (χ2v) is 6.94. The fourth-order valence-electron chi connectivity index (χ4n) is 2.72. The lowest BCUT2D eigenvalue weighted by molar-refractivity contribution is 0.223. The van der Waals surface area contributed by atoms with Gasteiger partial charge in [0.25, 0.3) is 0 Å². The predicted molar refractivity (Wildman–Crippen MR) is 86.6 cm³/mol. The van der Waals surface area contributed by atoms with Gasteiger partial charge in [0.2, 0.25) is 0 Å². The molecule has 1 aliphatic carbocycles. The SMILES string of the molecule is CC(C)CNCc1ccc(F)c(CN(C)C(C)C2CC2)c1. The van der Waals surface area contributed by atoms with Crippen LogP contribution in [0.4, 0.5) is 4.39 Å². The zero-order chi connectivity index (χ0) is 15.4. The van der Waals surface area contributed by atoms with Crippen molar-refractivity contribution in [2.45, 2.75) is 52.7 Å². The summed E-state index contributed by atoms with van der Waals surface area (Å²) in [6, 6.07) is 6.05. The number of halogens is 1. The van der Waals surface area contributed by atoms with Crippen molar-refractivity contribution >= 4 is 0 Å². The molecule has 0 saturated heterocycles. The van der Waals surface area contributed by atoms with Crippen molar-refractivity contribution in [3.8, 4) is 0 Å². The lowest BCUT2D eigenvalue weighted by Gasteiger charge is -2.25. The first-order valence-corrected chi connectivity index (χ1v) is 8.15. The second kappa shape index (κ2) is 7.37. The average Bonchev–Trinajstić information content (AvgIpc) is 3.25. The van der Waals surface area contributed by atoms with Crippen molar-refractivity contribution in [2.75, 3.05) is 13.6 Å². The summed E-state index contributed by atoms with van der Waals surface area (Å²) in [6.45, 7) is 9.14. The van der Waals surface area contributed by atoms with E-state index in [0.717, 1.165) is 24.6 Å². The Kier molecular flexibility index (Phi) is 5.77. The fourth-order valence-corrected chi connectivity index (χ4v) is 2.72. The maximum atomic E-state index is 14.0. The Morgan fingerprint density at radius 2 is 2.00 bits per heavy atom. The molecule has 0 aromatic heterocycles.